The summed E-state index contributed by atoms with van der Waals surface area (Å²) in [5, 5.41) is 3.73. The van der Waals surface area contributed by atoms with E-state index in [-0.39, 0.29) is 5.78 Å². The Hall–Kier alpha value is -2.60. The lowest BCUT2D eigenvalue weighted by molar-refractivity contribution is -0.116. The molecule has 0 saturated heterocycles. The van der Waals surface area contributed by atoms with Crippen LogP contribution in [0, 0.1) is 0 Å². The Morgan fingerprint density at radius 3 is 2.62 bits per heavy atom. The minimum atomic E-state index is -0.529. The van der Waals surface area contributed by atoms with Gasteiger partial charge in [-0.25, -0.2) is 4.79 Å². The van der Waals surface area contributed by atoms with Crippen molar-refractivity contribution < 1.29 is 4.79 Å². The summed E-state index contributed by atoms with van der Waals surface area (Å²) in [6.45, 7) is 0. The van der Waals surface area contributed by atoms with E-state index < -0.39 is 17.2 Å². The number of fused-ring (bicyclic) bond motifs is 1. The van der Waals surface area contributed by atoms with E-state index in [9.17, 15) is 14.4 Å². The van der Waals surface area contributed by atoms with E-state index in [0.29, 0.717) is 34.8 Å². The molecule has 0 spiro atoms. The second-order valence-electron chi connectivity index (χ2n) is 6.75. The Kier molecular flexibility index (Phi) is 3.88. The molecule has 1 aromatic carbocycles. The molecule has 1 aliphatic heterocycles. The number of Topliss-reactive ketones (excluding diaryl/α,β-unsaturated/α-hetero) is 1. The predicted molar refractivity (Wildman–Crippen MR) is 99.7 cm³/mol. The molecule has 0 bridgehead atoms. The number of carbonyl (C=O) groups is 1. The number of halogens is 1. The summed E-state index contributed by atoms with van der Waals surface area (Å²) < 4.78 is 2.51. The van der Waals surface area contributed by atoms with Gasteiger partial charge in [-0.1, -0.05) is 23.7 Å². The van der Waals surface area contributed by atoms with Crippen LogP contribution in [-0.2, 0) is 18.9 Å². The molecule has 0 saturated carbocycles. The molecule has 7 heteroatoms. The number of nitrogens with zero attached hydrogens (tertiary/aromatic N) is 2. The first-order chi connectivity index (χ1) is 12.4. The van der Waals surface area contributed by atoms with Gasteiger partial charge in [0.05, 0.1) is 5.56 Å². The fourth-order valence-corrected chi connectivity index (χ4v) is 4.12. The molecule has 1 aromatic heterocycles. The van der Waals surface area contributed by atoms with Gasteiger partial charge < -0.3 is 5.32 Å². The number of hydrogen-bond acceptors (Lipinski definition) is 4. The number of carbonyl (C=O) groups excluding carboxylic acids is 1. The van der Waals surface area contributed by atoms with Crippen LogP contribution < -0.4 is 16.6 Å². The van der Waals surface area contributed by atoms with Gasteiger partial charge >= 0.3 is 5.69 Å². The van der Waals surface area contributed by atoms with Gasteiger partial charge in [0.1, 0.15) is 5.82 Å². The van der Waals surface area contributed by atoms with Gasteiger partial charge in [-0.15, -0.1) is 0 Å². The van der Waals surface area contributed by atoms with Crippen LogP contribution in [0.25, 0.3) is 0 Å². The van der Waals surface area contributed by atoms with Gasteiger partial charge in [0.15, 0.2) is 5.78 Å². The minimum Gasteiger partial charge on any atom is -0.344 e. The van der Waals surface area contributed by atoms with Crippen molar-refractivity contribution in [2.24, 2.45) is 14.1 Å². The van der Waals surface area contributed by atoms with Crippen LogP contribution in [-0.4, -0.2) is 14.9 Å². The number of ketones is 1. The van der Waals surface area contributed by atoms with Crippen LogP contribution in [0.3, 0.4) is 0 Å². The van der Waals surface area contributed by atoms with Gasteiger partial charge in [0.25, 0.3) is 5.56 Å². The largest absolute Gasteiger partial charge is 0.344 e. The molecule has 2 aliphatic rings. The van der Waals surface area contributed by atoms with Gasteiger partial charge in [-0.2, -0.15) is 0 Å². The second kappa shape index (κ2) is 5.99. The van der Waals surface area contributed by atoms with E-state index in [1.165, 1.54) is 11.6 Å². The molecular formula is C19H18ClN3O3. The second-order valence-corrected chi connectivity index (χ2v) is 7.19. The van der Waals surface area contributed by atoms with E-state index in [2.05, 4.69) is 5.32 Å². The van der Waals surface area contributed by atoms with Crippen molar-refractivity contribution in [1.29, 1.82) is 0 Å². The van der Waals surface area contributed by atoms with Crippen LogP contribution in [0.4, 0.5) is 5.82 Å². The normalized spacial score (nSPS) is 19.0. The molecule has 0 radical (unpaired) electrons. The third-order valence-corrected chi connectivity index (χ3v) is 5.42. The average Bonchev–Trinajstić information content (AvgIpc) is 2.63. The smallest absolute Gasteiger partial charge is 0.332 e. The Morgan fingerprint density at radius 1 is 1.12 bits per heavy atom. The van der Waals surface area contributed by atoms with Crippen molar-refractivity contribution in [2.45, 2.75) is 25.2 Å². The van der Waals surface area contributed by atoms with Crippen LogP contribution in [0.15, 0.2) is 45.1 Å². The van der Waals surface area contributed by atoms with E-state index in [0.717, 1.165) is 22.2 Å². The van der Waals surface area contributed by atoms with E-state index in [1.807, 2.05) is 6.07 Å². The lowest BCUT2D eigenvalue weighted by Gasteiger charge is -2.34. The van der Waals surface area contributed by atoms with Crippen molar-refractivity contribution in [1.82, 2.24) is 9.13 Å². The molecule has 2 aromatic rings. The number of anilines is 1. The summed E-state index contributed by atoms with van der Waals surface area (Å²) in [6, 6.07) is 7.20. The molecule has 4 rings (SSSR count). The molecular weight excluding hydrogens is 354 g/mol. The standard InChI is InChI=1S/C19H18ClN3O3/c1-22-17-16(18(25)23(2)19(22)26)14(10-5-3-6-11(20)9-10)15-12(21-17)7-4-8-13(15)24/h3,5-6,9,14,21H,4,7-8H2,1-2H3/t14-/m0/s1. The van der Waals surface area contributed by atoms with E-state index >= 15 is 0 Å². The third kappa shape index (κ3) is 2.36. The highest BCUT2D eigenvalue weighted by Gasteiger charge is 2.38. The SMILES string of the molecule is Cn1c2c(c(=O)n(C)c1=O)[C@@H](c1cccc(Cl)c1)C1=C(CCCC1=O)N2. The first kappa shape index (κ1) is 16.8. The maximum Gasteiger partial charge on any atom is 0.332 e. The highest BCUT2D eigenvalue weighted by atomic mass is 35.5. The summed E-state index contributed by atoms with van der Waals surface area (Å²) in [4.78, 5) is 38.1. The first-order valence-corrected chi connectivity index (χ1v) is 8.86. The summed E-state index contributed by atoms with van der Waals surface area (Å²) in [5.41, 5.74) is 1.79. The molecule has 0 fully saturated rings. The number of allylic oxidation sites excluding steroid dienone is 2. The van der Waals surface area contributed by atoms with Crippen LogP contribution in [0.1, 0.15) is 36.3 Å². The maximum atomic E-state index is 13.0. The summed E-state index contributed by atoms with van der Waals surface area (Å²) in [6.07, 6.45) is 1.92. The fourth-order valence-electron chi connectivity index (χ4n) is 3.92. The molecule has 1 N–H and O–H groups in total. The van der Waals surface area contributed by atoms with Crippen molar-refractivity contribution >= 4 is 23.2 Å². The molecule has 1 aliphatic carbocycles. The van der Waals surface area contributed by atoms with Crippen molar-refractivity contribution in [2.75, 3.05) is 5.32 Å². The van der Waals surface area contributed by atoms with Crippen molar-refractivity contribution in [3.05, 3.63) is 72.5 Å². The number of aromatic nitrogens is 2. The quantitative estimate of drug-likeness (QED) is 0.834. The van der Waals surface area contributed by atoms with Crippen LogP contribution in [0.5, 0.6) is 0 Å². The van der Waals surface area contributed by atoms with E-state index in [1.54, 1.807) is 25.2 Å². The number of rotatable bonds is 1. The van der Waals surface area contributed by atoms with Crippen molar-refractivity contribution in [3.8, 4) is 0 Å². The highest BCUT2D eigenvalue weighted by Crippen LogP contribution is 2.43. The molecule has 0 unspecified atom stereocenters. The number of nitrogens with one attached hydrogen (secondary N) is 1. The Morgan fingerprint density at radius 2 is 1.88 bits per heavy atom. The number of benzene rings is 1. The van der Waals surface area contributed by atoms with Gasteiger partial charge in [0.2, 0.25) is 0 Å². The Labute approximate surface area is 154 Å². The lowest BCUT2D eigenvalue weighted by atomic mass is 9.76. The lowest BCUT2D eigenvalue weighted by Crippen LogP contribution is -2.44. The topological polar surface area (TPSA) is 73.1 Å². The fraction of sp³-hybridized carbons (Fsp3) is 0.316. The third-order valence-electron chi connectivity index (χ3n) is 5.18. The molecule has 6 nitrogen and oxygen atoms in total. The zero-order valence-corrected chi connectivity index (χ0v) is 15.3. The summed E-state index contributed by atoms with van der Waals surface area (Å²) in [7, 11) is 3.07. The molecule has 2 heterocycles. The molecule has 26 heavy (non-hydrogen) atoms. The monoisotopic (exact) mass is 371 g/mol. The number of hydrogen-bond donors (Lipinski definition) is 1. The average molecular weight is 372 g/mol. The molecule has 134 valence electrons. The van der Waals surface area contributed by atoms with Crippen molar-refractivity contribution in [3.63, 3.8) is 0 Å². The molecule has 0 amide bonds. The van der Waals surface area contributed by atoms with Crippen LogP contribution >= 0.6 is 11.6 Å². The Bertz CT molecular complexity index is 1090. The minimum absolute atomic E-state index is 0.0327. The van der Waals surface area contributed by atoms with Gasteiger partial charge in [-0.3, -0.25) is 18.7 Å². The Balaban J connectivity index is 2.10. The maximum absolute atomic E-state index is 13.0. The zero-order valence-electron chi connectivity index (χ0n) is 14.5. The zero-order chi connectivity index (χ0) is 18.6. The van der Waals surface area contributed by atoms with E-state index in [4.69, 9.17) is 11.6 Å². The van der Waals surface area contributed by atoms with Gasteiger partial charge in [0, 0.05) is 42.7 Å². The van der Waals surface area contributed by atoms with Crippen LogP contribution in [0.2, 0.25) is 5.02 Å². The summed E-state index contributed by atoms with van der Waals surface area (Å²) >= 11 is 6.18. The molecule has 1 atom stereocenters. The first-order valence-electron chi connectivity index (χ1n) is 8.48. The predicted octanol–water partition coefficient (Wildman–Crippen LogP) is 2.30. The summed E-state index contributed by atoms with van der Waals surface area (Å²) in [5.74, 6) is -0.0416. The highest BCUT2D eigenvalue weighted by molar-refractivity contribution is 6.30. The van der Waals surface area contributed by atoms with Gasteiger partial charge in [-0.05, 0) is 30.5 Å².